The van der Waals surface area contributed by atoms with Crippen LogP contribution in [0.15, 0.2) is 22.7 Å². The predicted molar refractivity (Wildman–Crippen MR) is 63.1 cm³/mol. The van der Waals surface area contributed by atoms with Crippen LogP contribution in [0, 0.1) is 11.8 Å². The standard InChI is InChI=1S/C12H20N2O2/c1-6(2)9-10(12(15)16-5)7(3)14-8(4)11(9)13/h6,9,14H,13H2,1-5H3. The van der Waals surface area contributed by atoms with Crippen molar-refractivity contribution in [2.24, 2.45) is 17.6 Å². The minimum atomic E-state index is -0.306. The molecule has 0 saturated carbocycles. The number of nitrogens with one attached hydrogen (secondary N) is 1. The number of allylic oxidation sites excluding steroid dienone is 3. The molecule has 1 rings (SSSR count). The summed E-state index contributed by atoms with van der Waals surface area (Å²) in [5.74, 6) is -0.103. The highest BCUT2D eigenvalue weighted by atomic mass is 16.5. The molecule has 0 radical (unpaired) electrons. The molecule has 1 unspecified atom stereocenters. The van der Waals surface area contributed by atoms with Gasteiger partial charge in [-0.05, 0) is 19.8 Å². The van der Waals surface area contributed by atoms with E-state index in [0.717, 1.165) is 17.1 Å². The monoisotopic (exact) mass is 224 g/mol. The molecule has 16 heavy (non-hydrogen) atoms. The van der Waals surface area contributed by atoms with Gasteiger partial charge in [-0.15, -0.1) is 0 Å². The summed E-state index contributed by atoms with van der Waals surface area (Å²) in [5, 5.41) is 3.11. The van der Waals surface area contributed by atoms with Gasteiger partial charge in [-0.3, -0.25) is 0 Å². The first-order chi connectivity index (χ1) is 7.40. The lowest BCUT2D eigenvalue weighted by molar-refractivity contribution is -0.136. The molecule has 0 bridgehead atoms. The van der Waals surface area contributed by atoms with Crippen molar-refractivity contribution in [2.75, 3.05) is 7.11 Å². The maximum atomic E-state index is 11.7. The van der Waals surface area contributed by atoms with Crippen molar-refractivity contribution >= 4 is 5.97 Å². The van der Waals surface area contributed by atoms with E-state index < -0.39 is 0 Å². The summed E-state index contributed by atoms with van der Waals surface area (Å²) in [6.07, 6.45) is 0. The van der Waals surface area contributed by atoms with Crippen LogP contribution in [-0.2, 0) is 9.53 Å². The van der Waals surface area contributed by atoms with Gasteiger partial charge in [0.1, 0.15) is 0 Å². The molecule has 4 heteroatoms. The van der Waals surface area contributed by atoms with Gasteiger partial charge in [0.15, 0.2) is 0 Å². The van der Waals surface area contributed by atoms with Crippen LogP contribution in [0.5, 0.6) is 0 Å². The van der Waals surface area contributed by atoms with E-state index in [4.69, 9.17) is 10.5 Å². The number of methoxy groups -OCH3 is 1. The Hall–Kier alpha value is -1.45. The second-order valence-electron chi connectivity index (χ2n) is 4.46. The Labute approximate surface area is 96.5 Å². The fourth-order valence-electron chi connectivity index (χ4n) is 2.13. The first kappa shape index (κ1) is 12.6. The lowest BCUT2D eigenvalue weighted by Gasteiger charge is -2.31. The number of carbonyl (C=O) groups excluding carboxylic acids is 1. The summed E-state index contributed by atoms with van der Waals surface area (Å²) in [6, 6.07) is 0. The highest BCUT2D eigenvalue weighted by Gasteiger charge is 2.32. The van der Waals surface area contributed by atoms with Gasteiger partial charge in [0.25, 0.3) is 0 Å². The van der Waals surface area contributed by atoms with Gasteiger partial charge in [-0.2, -0.15) is 0 Å². The maximum Gasteiger partial charge on any atom is 0.336 e. The third-order valence-electron chi connectivity index (χ3n) is 2.93. The van der Waals surface area contributed by atoms with Crippen LogP contribution in [0.25, 0.3) is 0 Å². The molecule has 0 fully saturated rings. The van der Waals surface area contributed by atoms with Crippen molar-refractivity contribution in [1.82, 2.24) is 5.32 Å². The molecule has 1 aliphatic heterocycles. The van der Waals surface area contributed by atoms with E-state index in [1.54, 1.807) is 0 Å². The normalized spacial score (nSPS) is 21.2. The summed E-state index contributed by atoms with van der Waals surface area (Å²) in [4.78, 5) is 11.7. The van der Waals surface area contributed by atoms with E-state index in [-0.39, 0.29) is 17.8 Å². The Bertz CT molecular complexity index is 367. The highest BCUT2D eigenvalue weighted by molar-refractivity contribution is 5.90. The van der Waals surface area contributed by atoms with E-state index in [0.29, 0.717) is 5.57 Å². The highest BCUT2D eigenvalue weighted by Crippen LogP contribution is 2.32. The average molecular weight is 224 g/mol. The molecule has 4 nitrogen and oxygen atoms in total. The number of esters is 1. The number of nitrogens with two attached hydrogens (primary N) is 1. The second-order valence-corrected chi connectivity index (χ2v) is 4.46. The van der Waals surface area contributed by atoms with Gasteiger partial charge in [0, 0.05) is 23.0 Å². The van der Waals surface area contributed by atoms with E-state index in [1.807, 2.05) is 27.7 Å². The van der Waals surface area contributed by atoms with E-state index in [2.05, 4.69) is 5.32 Å². The fourth-order valence-corrected chi connectivity index (χ4v) is 2.13. The molecule has 3 N–H and O–H groups in total. The predicted octanol–water partition coefficient (Wildman–Crippen LogP) is 1.50. The molecule has 1 aliphatic rings. The van der Waals surface area contributed by atoms with Crippen LogP contribution in [0.4, 0.5) is 0 Å². The zero-order chi connectivity index (χ0) is 12.5. The quantitative estimate of drug-likeness (QED) is 0.698. The summed E-state index contributed by atoms with van der Waals surface area (Å²) in [6.45, 7) is 7.89. The van der Waals surface area contributed by atoms with Gasteiger partial charge >= 0.3 is 5.97 Å². The third kappa shape index (κ3) is 2.05. The van der Waals surface area contributed by atoms with Crippen LogP contribution >= 0.6 is 0 Å². The minimum absolute atomic E-state index is 0.0614. The van der Waals surface area contributed by atoms with Gasteiger partial charge in [0.2, 0.25) is 0 Å². The molecule has 0 aliphatic carbocycles. The van der Waals surface area contributed by atoms with E-state index in [1.165, 1.54) is 7.11 Å². The zero-order valence-electron chi connectivity index (χ0n) is 10.5. The molecule has 1 heterocycles. The molecule has 0 aromatic heterocycles. The smallest absolute Gasteiger partial charge is 0.336 e. The number of ether oxygens (including phenoxy) is 1. The molecule has 0 saturated heterocycles. The molecule has 0 amide bonds. The summed E-state index contributed by atoms with van der Waals surface area (Å²) < 4.78 is 4.81. The van der Waals surface area contributed by atoms with E-state index in [9.17, 15) is 4.79 Å². The Kier molecular flexibility index (Phi) is 3.62. The van der Waals surface area contributed by atoms with Crippen molar-refractivity contribution in [2.45, 2.75) is 27.7 Å². The van der Waals surface area contributed by atoms with Gasteiger partial charge in [-0.1, -0.05) is 13.8 Å². The number of dihydropyridines is 1. The van der Waals surface area contributed by atoms with Crippen molar-refractivity contribution in [3.05, 3.63) is 22.7 Å². The summed E-state index contributed by atoms with van der Waals surface area (Å²) >= 11 is 0. The zero-order valence-corrected chi connectivity index (χ0v) is 10.5. The average Bonchev–Trinajstić information content (AvgIpc) is 2.21. The summed E-state index contributed by atoms with van der Waals surface area (Å²) in [7, 11) is 1.39. The molecule has 90 valence electrons. The first-order valence-electron chi connectivity index (χ1n) is 5.42. The van der Waals surface area contributed by atoms with Crippen LogP contribution < -0.4 is 11.1 Å². The minimum Gasteiger partial charge on any atom is -0.466 e. The molecule has 1 atom stereocenters. The van der Waals surface area contributed by atoms with Crippen molar-refractivity contribution in [3.8, 4) is 0 Å². The number of carbonyl (C=O) groups is 1. The van der Waals surface area contributed by atoms with Crippen molar-refractivity contribution in [1.29, 1.82) is 0 Å². The Morgan fingerprint density at radius 3 is 2.38 bits per heavy atom. The number of rotatable bonds is 2. The lowest BCUT2D eigenvalue weighted by Crippen LogP contribution is -2.35. The third-order valence-corrected chi connectivity index (χ3v) is 2.93. The molecule has 0 aromatic rings. The lowest BCUT2D eigenvalue weighted by atomic mass is 9.82. The van der Waals surface area contributed by atoms with Crippen LogP contribution in [0.2, 0.25) is 0 Å². The Morgan fingerprint density at radius 1 is 1.38 bits per heavy atom. The van der Waals surface area contributed by atoms with Crippen LogP contribution in [0.3, 0.4) is 0 Å². The first-order valence-corrected chi connectivity index (χ1v) is 5.42. The largest absolute Gasteiger partial charge is 0.466 e. The fraction of sp³-hybridized carbons (Fsp3) is 0.583. The maximum absolute atomic E-state index is 11.7. The van der Waals surface area contributed by atoms with Crippen LogP contribution in [-0.4, -0.2) is 13.1 Å². The number of hydrogen-bond donors (Lipinski definition) is 2. The topological polar surface area (TPSA) is 64.3 Å². The Morgan fingerprint density at radius 2 is 1.94 bits per heavy atom. The van der Waals surface area contributed by atoms with Gasteiger partial charge in [-0.25, -0.2) is 4.79 Å². The van der Waals surface area contributed by atoms with Crippen LogP contribution in [0.1, 0.15) is 27.7 Å². The Balaban J connectivity index is 3.22. The van der Waals surface area contributed by atoms with Gasteiger partial charge < -0.3 is 15.8 Å². The molecular formula is C12H20N2O2. The van der Waals surface area contributed by atoms with Crippen molar-refractivity contribution < 1.29 is 9.53 Å². The molecule has 0 spiro atoms. The molecule has 0 aromatic carbocycles. The van der Waals surface area contributed by atoms with E-state index >= 15 is 0 Å². The second kappa shape index (κ2) is 4.60. The SMILES string of the molecule is COC(=O)C1=C(C)NC(C)=C(N)C1C(C)C. The van der Waals surface area contributed by atoms with Gasteiger partial charge in [0.05, 0.1) is 12.7 Å². The summed E-state index contributed by atoms with van der Waals surface area (Å²) in [5.41, 5.74) is 9.16. The number of hydrogen-bond acceptors (Lipinski definition) is 4. The molecular weight excluding hydrogens is 204 g/mol. The van der Waals surface area contributed by atoms with Crippen molar-refractivity contribution in [3.63, 3.8) is 0 Å².